The first-order valence-corrected chi connectivity index (χ1v) is 8.19. The molecule has 2 heterocycles. The van der Waals surface area contributed by atoms with Crippen LogP contribution in [0.1, 0.15) is 35.3 Å². The van der Waals surface area contributed by atoms with Crippen LogP contribution in [0.3, 0.4) is 0 Å². The second-order valence-electron chi connectivity index (χ2n) is 6.17. The van der Waals surface area contributed by atoms with Crippen LogP contribution >= 0.6 is 0 Å². The van der Waals surface area contributed by atoms with Gasteiger partial charge in [0.05, 0.1) is 11.6 Å². The Morgan fingerprint density at radius 1 is 1.12 bits per heavy atom. The fourth-order valence-corrected chi connectivity index (χ4v) is 3.37. The van der Waals surface area contributed by atoms with Crippen molar-refractivity contribution < 1.29 is 9.18 Å². The van der Waals surface area contributed by atoms with Crippen molar-refractivity contribution >= 4 is 11.9 Å². The van der Waals surface area contributed by atoms with Gasteiger partial charge in [-0.2, -0.15) is 10.1 Å². The molecule has 0 unspecified atom stereocenters. The van der Waals surface area contributed by atoms with Crippen LogP contribution in [-0.2, 0) is 0 Å². The number of fused-ring (bicyclic) bond motifs is 1. The molecule has 0 radical (unpaired) electrons. The molecule has 0 bridgehead atoms. The highest BCUT2D eigenvalue weighted by Gasteiger charge is 2.37. The van der Waals surface area contributed by atoms with E-state index in [1.54, 1.807) is 16.8 Å². The molecule has 4 rings (SSSR count). The first-order valence-electron chi connectivity index (χ1n) is 8.19. The molecule has 2 atom stereocenters. The Bertz CT molecular complexity index is 909. The van der Waals surface area contributed by atoms with E-state index in [1.807, 2.05) is 37.3 Å². The van der Waals surface area contributed by atoms with Crippen molar-refractivity contribution in [1.29, 1.82) is 0 Å². The molecule has 126 valence electrons. The monoisotopic (exact) mass is 336 g/mol. The summed E-state index contributed by atoms with van der Waals surface area (Å²) in [5.41, 5.74) is 1.15. The van der Waals surface area contributed by atoms with Crippen LogP contribution in [-0.4, -0.2) is 26.7 Å². The quantitative estimate of drug-likeness (QED) is 0.720. The van der Waals surface area contributed by atoms with Gasteiger partial charge >= 0.3 is 0 Å². The Labute approximate surface area is 144 Å². The van der Waals surface area contributed by atoms with Gasteiger partial charge in [-0.15, -0.1) is 0 Å². The van der Waals surface area contributed by atoms with Crippen molar-refractivity contribution in [1.82, 2.24) is 14.8 Å². The highest BCUT2D eigenvalue weighted by atomic mass is 19.1. The third-order valence-electron chi connectivity index (χ3n) is 4.58. The number of rotatable bonds is 2. The van der Waals surface area contributed by atoms with Gasteiger partial charge in [0, 0.05) is 6.04 Å². The Morgan fingerprint density at radius 2 is 1.84 bits per heavy atom. The number of carbonyl (C=O) groups excluding carboxylic acids is 1. The normalized spacial score (nSPS) is 19.5. The van der Waals surface area contributed by atoms with Gasteiger partial charge in [-0.3, -0.25) is 9.69 Å². The SMILES string of the molecule is C[C@H]1C[C@H](c2ccccc2)n2ncnc2N1C(=O)c1ccccc1F. The smallest absolute Gasteiger partial charge is 0.263 e. The number of hydrogen-bond donors (Lipinski definition) is 0. The highest BCUT2D eigenvalue weighted by Crippen LogP contribution is 2.35. The summed E-state index contributed by atoms with van der Waals surface area (Å²) >= 11 is 0. The molecule has 1 aliphatic heterocycles. The van der Waals surface area contributed by atoms with Gasteiger partial charge < -0.3 is 0 Å². The average molecular weight is 336 g/mol. The molecule has 1 aliphatic rings. The van der Waals surface area contributed by atoms with E-state index in [0.29, 0.717) is 12.4 Å². The second kappa shape index (κ2) is 6.12. The summed E-state index contributed by atoms with van der Waals surface area (Å²) < 4.78 is 15.8. The summed E-state index contributed by atoms with van der Waals surface area (Å²) in [7, 11) is 0. The Hall–Kier alpha value is -3.02. The van der Waals surface area contributed by atoms with Gasteiger partial charge in [-0.25, -0.2) is 9.07 Å². The molecular formula is C19H17FN4O. The number of halogens is 1. The van der Waals surface area contributed by atoms with E-state index in [4.69, 9.17) is 0 Å². The highest BCUT2D eigenvalue weighted by molar-refractivity contribution is 6.05. The number of benzene rings is 2. The lowest BCUT2D eigenvalue weighted by Gasteiger charge is -2.37. The summed E-state index contributed by atoms with van der Waals surface area (Å²) in [4.78, 5) is 18.7. The Balaban J connectivity index is 1.76. The molecule has 1 amide bonds. The lowest BCUT2D eigenvalue weighted by Crippen LogP contribution is -2.46. The van der Waals surface area contributed by atoms with E-state index in [-0.39, 0.29) is 17.6 Å². The van der Waals surface area contributed by atoms with Gasteiger partial charge in [0.1, 0.15) is 12.1 Å². The third kappa shape index (κ3) is 2.59. The summed E-state index contributed by atoms with van der Waals surface area (Å²) in [5, 5.41) is 4.32. The van der Waals surface area contributed by atoms with Crippen LogP contribution in [0.2, 0.25) is 0 Å². The van der Waals surface area contributed by atoms with Crippen LogP contribution in [0.5, 0.6) is 0 Å². The Morgan fingerprint density at radius 3 is 2.60 bits per heavy atom. The number of carbonyl (C=O) groups is 1. The fraction of sp³-hybridized carbons (Fsp3) is 0.211. The molecule has 2 aromatic carbocycles. The number of hydrogen-bond acceptors (Lipinski definition) is 3. The van der Waals surface area contributed by atoms with Crippen molar-refractivity contribution in [2.75, 3.05) is 4.90 Å². The zero-order valence-electron chi connectivity index (χ0n) is 13.7. The minimum atomic E-state index is -0.532. The largest absolute Gasteiger partial charge is 0.274 e. The summed E-state index contributed by atoms with van der Waals surface area (Å²) in [5.74, 6) is -0.483. The predicted molar refractivity (Wildman–Crippen MR) is 91.9 cm³/mol. The lowest BCUT2D eigenvalue weighted by molar-refractivity contribution is 0.0962. The van der Waals surface area contributed by atoms with Crippen molar-refractivity contribution in [3.8, 4) is 0 Å². The molecule has 0 N–H and O–H groups in total. The maximum absolute atomic E-state index is 14.1. The zero-order valence-corrected chi connectivity index (χ0v) is 13.7. The van der Waals surface area contributed by atoms with Gasteiger partial charge in [-0.1, -0.05) is 42.5 Å². The maximum atomic E-state index is 14.1. The molecule has 5 nitrogen and oxygen atoms in total. The van der Waals surface area contributed by atoms with E-state index in [0.717, 1.165) is 5.56 Å². The third-order valence-corrected chi connectivity index (χ3v) is 4.58. The molecule has 0 spiro atoms. The minimum Gasteiger partial charge on any atom is -0.274 e. The van der Waals surface area contributed by atoms with Crippen LogP contribution < -0.4 is 4.90 Å². The molecule has 6 heteroatoms. The molecule has 3 aromatic rings. The first kappa shape index (κ1) is 15.5. The van der Waals surface area contributed by atoms with E-state index < -0.39 is 11.7 Å². The molecule has 0 saturated heterocycles. The fourth-order valence-electron chi connectivity index (χ4n) is 3.37. The lowest BCUT2D eigenvalue weighted by atomic mass is 9.97. The second-order valence-corrected chi connectivity index (χ2v) is 6.17. The molecule has 1 aromatic heterocycles. The van der Waals surface area contributed by atoms with Gasteiger partial charge in [0.2, 0.25) is 5.95 Å². The van der Waals surface area contributed by atoms with Gasteiger partial charge in [0.15, 0.2) is 0 Å². The molecule has 0 fully saturated rings. The summed E-state index contributed by atoms with van der Waals surface area (Å²) in [6.45, 7) is 1.95. The summed E-state index contributed by atoms with van der Waals surface area (Å²) in [6.07, 6.45) is 2.12. The minimum absolute atomic E-state index is 0.00151. The summed E-state index contributed by atoms with van der Waals surface area (Å²) in [6, 6.07) is 15.9. The molecule has 0 aliphatic carbocycles. The number of anilines is 1. The van der Waals surface area contributed by atoms with Crippen LogP contribution in [0.4, 0.5) is 10.3 Å². The number of aromatic nitrogens is 3. The van der Waals surface area contributed by atoms with Crippen LogP contribution in [0.25, 0.3) is 0 Å². The topological polar surface area (TPSA) is 51.0 Å². The van der Waals surface area contributed by atoms with Crippen molar-refractivity contribution in [2.45, 2.75) is 25.4 Å². The maximum Gasteiger partial charge on any atom is 0.263 e. The molecule has 25 heavy (non-hydrogen) atoms. The van der Waals surface area contributed by atoms with E-state index in [2.05, 4.69) is 10.1 Å². The van der Waals surface area contributed by atoms with E-state index in [1.165, 1.54) is 23.4 Å². The van der Waals surface area contributed by atoms with E-state index in [9.17, 15) is 9.18 Å². The number of amides is 1. The van der Waals surface area contributed by atoms with E-state index >= 15 is 0 Å². The molecular weight excluding hydrogens is 319 g/mol. The van der Waals surface area contributed by atoms with Gasteiger partial charge in [0.25, 0.3) is 5.91 Å². The van der Waals surface area contributed by atoms with Crippen LogP contribution in [0.15, 0.2) is 60.9 Å². The first-order chi connectivity index (χ1) is 12.2. The number of nitrogens with zero attached hydrogens (tertiary/aromatic N) is 4. The zero-order chi connectivity index (χ0) is 17.4. The van der Waals surface area contributed by atoms with Crippen molar-refractivity contribution in [3.05, 3.63) is 77.9 Å². The van der Waals surface area contributed by atoms with Gasteiger partial charge in [-0.05, 0) is 31.0 Å². The van der Waals surface area contributed by atoms with Crippen LogP contribution in [0, 0.1) is 5.82 Å². The molecule has 0 saturated carbocycles. The average Bonchev–Trinajstić information content (AvgIpc) is 3.11. The Kier molecular flexibility index (Phi) is 3.80. The van der Waals surface area contributed by atoms with Crippen molar-refractivity contribution in [2.24, 2.45) is 0 Å². The van der Waals surface area contributed by atoms with Crippen molar-refractivity contribution in [3.63, 3.8) is 0 Å². The standard InChI is InChI=1S/C19H17FN4O/c1-13-11-17(14-7-3-2-4-8-14)24-19(21-12-22-24)23(13)18(25)15-9-5-6-10-16(15)20/h2-10,12-13,17H,11H2,1H3/t13-,17+/m0/s1. The predicted octanol–water partition coefficient (Wildman–Crippen LogP) is 3.45.